The van der Waals surface area contributed by atoms with Crippen LogP contribution >= 0.6 is 0 Å². The minimum atomic E-state index is -0.218. The maximum Gasteiger partial charge on any atom is 0.160 e. The molecule has 0 unspecified atom stereocenters. The van der Waals surface area contributed by atoms with Gasteiger partial charge in [0.1, 0.15) is 0 Å². The smallest absolute Gasteiger partial charge is 0.160 e. The lowest BCUT2D eigenvalue weighted by molar-refractivity contribution is 1.17. The standard InChI is InChI=1S/C58H37N3/c1-4-16-39(17-5-1)49-36-51-53(37-50(49)40-18-6-2-7-19-40)59-58(60-57(51)41-20-8-3-9-21-41)42-29-31-47(32-30-42)61-54-26-14-25-48(46-28-27-38-15-10-11-22-43(38)33-46)56(54)52-34-44-23-12-13-24-45(44)35-55(52)61/h1-37H/i29D,30D,31D,32D. The first kappa shape index (κ1) is 30.9. The fraction of sp³-hybridized carbons (Fsp3) is 0. The van der Waals surface area contributed by atoms with E-state index in [9.17, 15) is 5.48 Å². The summed E-state index contributed by atoms with van der Waals surface area (Å²) in [5, 5.41) is 7.09. The molecular formula is C58H37N3. The van der Waals surface area contributed by atoms with Crippen LogP contribution in [0.4, 0.5) is 0 Å². The van der Waals surface area contributed by atoms with Gasteiger partial charge in [-0.3, -0.25) is 0 Å². The second-order valence-corrected chi connectivity index (χ2v) is 15.4. The average molecular weight is 780 g/mol. The van der Waals surface area contributed by atoms with Crippen molar-refractivity contribution in [3.8, 4) is 61.7 Å². The molecule has 0 saturated heterocycles. The molecule has 0 aliphatic carbocycles. The lowest BCUT2D eigenvalue weighted by Crippen LogP contribution is -1.98. The summed E-state index contributed by atoms with van der Waals surface area (Å²) in [6.45, 7) is 0. The van der Waals surface area contributed by atoms with Gasteiger partial charge in [0.25, 0.3) is 0 Å². The van der Waals surface area contributed by atoms with Gasteiger partial charge in [-0.05, 0) is 115 Å². The highest BCUT2D eigenvalue weighted by Gasteiger charge is 2.20. The van der Waals surface area contributed by atoms with Crippen LogP contribution in [-0.4, -0.2) is 14.5 Å². The van der Waals surface area contributed by atoms with E-state index in [1.807, 2.05) is 108 Å². The topological polar surface area (TPSA) is 30.7 Å². The summed E-state index contributed by atoms with van der Waals surface area (Å²) in [6, 6.07) is 67.2. The van der Waals surface area contributed by atoms with Gasteiger partial charge in [-0.1, -0.05) is 164 Å². The van der Waals surface area contributed by atoms with Crippen molar-refractivity contribution in [2.45, 2.75) is 0 Å². The molecule has 284 valence electrons. The molecule has 0 atom stereocenters. The number of aromatic nitrogens is 3. The Kier molecular flexibility index (Phi) is 7.24. The monoisotopic (exact) mass is 779 g/mol. The fourth-order valence-corrected chi connectivity index (χ4v) is 8.94. The molecule has 0 fully saturated rings. The van der Waals surface area contributed by atoms with E-state index >= 15 is 0 Å². The van der Waals surface area contributed by atoms with E-state index in [0.717, 1.165) is 87.7 Å². The van der Waals surface area contributed by atoms with Crippen LogP contribution in [0.15, 0.2) is 224 Å². The van der Waals surface area contributed by atoms with E-state index in [4.69, 9.17) is 9.97 Å². The molecule has 3 heteroatoms. The van der Waals surface area contributed by atoms with Crippen molar-refractivity contribution in [3.63, 3.8) is 0 Å². The molecule has 0 spiro atoms. The Morgan fingerprint density at radius 1 is 0.361 bits per heavy atom. The van der Waals surface area contributed by atoms with Crippen LogP contribution in [0, 0.1) is 0 Å². The maximum absolute atomic E-state index is 9.80. The van der Waals surface area contributed by atoms with Crippen molar-refractivity contribution < 1.29 is 5.48 Å². The molecule has 0 aliphatic heterocycles. The van der Waals surface area contributed by atoms with Gasteiger partial charge < -0.3 is 4.57 Å². The predicted octanol–water partition coefficient (Wildman–Crippen LogP) is 15.4. The van der Waals surface area contributed by atoms with Crippen molar-refractivity contribution in [3.05, 3.63) is 224 Å². The summed E-state index contributed by atoms with van der Waals surface area (Å²) in [5.41, 5.74) is 10.0. The van der Waals surface area contributed by atoms with Crippen LogP contribution < -0.4 is 0 Å². The van der Waals surface area contributed by atoms with Gasteiger partial charge in [0.15, 0.2) is 5.82 Å². The van der Waals surface area contributed by atoms with Crippen molar-refractivity contribution in [2.24, 2.45) is 0 Å². The summed E-state index contributed by atoms with van der Waals surface area (Å²) >= 11 is 0. The summed E-state index contributed by atoms with van der Waals surface area (Å²) in [5.74, 6) is 0.123. The third kappa shape index (κ3) is 5.98. The molecule has 12 rings (SSSR count). The Bertz CT molecular complexity index is 3840. The minimum absolute atomic E-state index is 0.0410. The number of hydrogen-bond acceptors (Lipinski definition) is 2. The molecule has 3 nitrogen and oxygen atoms in total. The van der Waals surface area contributed by atoms with Crippen LogP contribution in [-0.2, 0) is 0 Å². The van der Waals surface area contributed by atoms with Crippen molar-refractivity contribution in [1.82, 2.24) is 14.5 Å². The summed E-state index contributed by atoms with van der Waals surface area (Å²) in [4.78, 5) is 10.3. The number of hydrogen-bond donors (Lipinski definition) is 0. The van der Waals surface area contributed by atoms with Gasteiger partial charge in [0.2, 0.25) is 0 Å². The van der Waals surface area contributed by atoms with E-state index in [1.165, 1.54) is 0 Å². The Morgan fingerprint density at radius 3 is 1.64 bits per heavy atom. The molecule has 2 heterocycles. The largest absolute Gasteiger partial charge is 0.309 e. The van der Waals surface area contributed by atoms with E-state index in [2.05, 4.69) is 97.1 Å². The summed E-state index contributed by atoms with van der Waals surface area (Å²) < 4.78 is 41.0. The maximum atomic E-state index is 9.80. The normalized spacial score (nSPS) is 12.5. The lowest BCUT2D eigenvalue weighted by Gasteiger charge is -2.16. The molecule has 61 heavy (non-hydrogen) atoms. The van der Waals surface area contributed by atoms with E-state index in [1.54, 1.807) is 0 Å². The van der Waals surface area contributed by atoms with Crippen molar-refractivity contribution in [1.29, 1.82) is 0 Å². The van der Waals surface area contributed by atoms with Gasteiger partial charge >= 0.3 is 0 Å². The van der Waals surface area contributed by atoms with Crippen molar-refractivity contribution in [2.75, 3.05) is 0 Å². The zero-order valence-corrected chi connectivity index (χ0v) is 32.9. The third-order valence-electron chi connectivity index (χ3n) is 11.8. The zero-order valence-electron chi connectivity index (χ0n) is 36.9. The van der Waals surface area contributed by atoms with Crippen molar-refractivity contribution >= 4 is 54.3 Å². The minimum Gasteiger partial charge on any atom is -0.309 e. The van der Waals surface area contributed by atoms with Crippen LogP contribution in [0.2, 0.25) is 0 Å². The molecule has 0 saturated carbocycles. The van der Waals surface area contributed by atoms with Crippen LogP contribution in [0.1, 0.15) is 5.48 Å². The zero-order chi connectivity index (χ0) is 43.8. The molecule has 0 aliphatic rings. The van der Waals surface area contributed by atoms with Crippen LogP contribution in [0.3, 0.4) is 0 Å². The molecule has 10 aromatic carbocycles. The summed E-state index contributed by atoms with van der Waals surface area (Å²) in [7, 11) is 0. The second kappa shape index (κ2) is 14.3. The first-order valence-corrected chi connectivity index (χ1v) is 20.5. The van der Waals surface area contributed by atoms with Gasteiger partial charge in [0, 0.05) is 33.0 Å². The van der Waals surface area contributed by atoms with Crippen LogP contribution in [0.5, 0.6) is 0 Å². The number of benzene rings is 10. The molecule has 2 aromatic heterocycles. The molecule has 0 N–H and O–H groups in total. The van der Waals surface area contributed by atoms with Gasteiger partial charge in [-0.15, -0.1) is 0 Å². The first-order valence-electron chi connectivity index (χ1n) is 22.5. The number of fused-ring (bicyclic) bond motifs is 6. The van der Waals surface area contributed by atoms with E-state index in [0.29, 0.717) is 11.2 Å². The molecule has 0 bridgehead atoms. The summed E-state index contributed by atoms with van der Waals surface area (Å²) in [6.07, 6.45) is 0. The Hall–Kier alpha value is -8.14. The average Bonchev–Trinajstić information content (AvgIpc) is 3.67. The SMILES string of the molecule is [2H]c1c([2H])c(-n2c3cc4ccccc4cc3c3c(-c4ccc5ccccc5c4)cccc32)c([2H])c([2H])c1-c1nc(-c2ccccc2)c2cc(-c3ccccc3)c(-c3ccccc3)cc2n1. The van der Waals surface area contributed by atoms with Crippen LogP contribution in [0.25, 0.3) is 116 Å². The molecule has 0 amide bonds. The Labute approximate surface area is 359 Å². The molecule has 0 radical (unpaired) electrons. The van der Waals surface area contributed by atoms with E-state index in [-0.39, 0.29) is 41.2 Å². The number of rotatable bonds is 6. The van der Waals surface area contributed by atoms with Gasteiger partial charge in [0.05, 0.1) is 27.7 Å². The molecular weight excluding hydrogens is 739 g/mol. The quantitative estimate of drug-likeness (QED) is 0.168. The second-order valence-electron chi connectivity index (χ2n) is 15.4. The molecule has 12 aromatic rings. The Morgan fingerprint density at radius 2 is 0.951 bits per heavy atom. The highest BCUT2D eigenvalue weighted by atomic mass is 15.0. The number of nitrogens with zero attached hydrogens (tertiary/aromatic N) is 3. The fourth-order valence-electron chi connectivity index (χ4n) is 8.94. The van der Waals surface area contributed by atoms with Gasteiger partial charge in [-0.2, -0.15) is 0 Å². The third-order valence-corrected chi connectivity index (χ3v) is 11.8. The predicted molar refractivity (Wildman–Crippen MR) is 256 cm³/mol. The first-order chi connectivity index (χ1) is 31.9. The lowest BCUT2D eigenvalue weighted by atomic mass is 9.91. The Balaban J connectivity index is 1.12. The highest BCUT2D eigenvalue weighted by Crippen LogP contribution is 2.42. The highest BCUT2D eigenvalue weighted by molar-refractivity contribution is 6.19. The van der Waals surface area contributed by atoms with Gasteiger partial charge in [-0.25, -0.2) is 9.97 Å². The van der Waals surface area contributed by atoms with E-state index < -0.39 is 0 Å².